The number of rotatable bonds is 5. The summed E-state index contributed by atoms with van der Waals surface area (Å²) in [6.07, 6.45) is -2.05. The maximum atomic E-state index is 13.4. The number of nitrogens with one attached hydrogen (secondary N) is 2. The molecule has 0 bridgehead atoms. The van der Waals surface area contributed by atoms with Crippen molar-refractivity contribution in [2.24, 2.45) is 0 Å². The molecule has 4 aromatic rings. The average molecular weight is 417 g/mol. The van der Waals surface area contributed by atoms with E-state index in [0.29, 0.717) is 5.82 Å². The lowest BCUT2D eigenvalue weighted by molar-refractivity contribution is -0.140. The zero-order chi connectivity index (χ0) is 21.3. The van der Waals surface area contributed by atoms with Crippen LogP contribution in [0.5, 0.6) is 0 Å². The van der Waals surface area contributed by atoms with E-state index in [2.05, 4.69) is 20.3 Å². The number of hydrogen-bond acceptors (Lipinski definition) is 3. The Balaban J connectivity index is 1.41. The number of carbonyl (C=O) groups is 1. The molecule has 0 saturated carbocycles. The number of H-pyrrole nitrogens is 1. The van der Waals surface area contributed by atoms with E-state index in [-0.39, 0.29) is 24.3 Å². The highest BCUT2D eigenvalue weighted by atomic mass is 19.4. The van der Waals surface area contributed by atoms with E-state index in [1.165, 1.54) is 23.2 Å². The molecule has 0 saturated heterocycles. The number of aromatic amines is 1. The SMILES string of the molecule is O=C(NCc1nc2ccccc2[nH]1)c1cn(Cc2ccc(F)c(C(F)(F)F)c2)cn1. The highest BCUT2D eigenvalue weighted by Crippen LogP contribution is 2.32. The van der Waals surface area contributed by atoms with Gasteiger partial charge in [0.2, 0.25) is 0 Å². The van der Waals surface area contributed by atoms with Crippen LogP contribution in [0.15, 0.2) is 55.0 Å². The van der Waals surface area contributed by atoms with Crippen LogP contribution in [0.1, 0.15) is 27.4 Å². The van der Waals surface area contributed by atoms with Gasteiger partial charge >= 0.3 is 6.18 Å². The molecule has 0 fully saturated rings. The van der Waals surface area contributed by atoms with Gasteiger partial charge in [-0.25, -0.2) is 14.4 Å². The average Bonchev–Trinajstić information content (AvgIpc) is 3.33. The Hall–Kier alpha value is -3.69. The molecule has 6 nitrogen and oxygen atoms in total. The van der Waals surface area contributed by atoms with Gasteiger partial charge in [-0.05, 0) is 29.8 Å². The molecule has 154 valence electrons. The highest BCUT2D eigenvalue weighted by Gasteiger charge is 2.34. The van der Waals surface area contributed by atoms with Crippen LogP contribution in [-0.4, -0.2) is 25.4 Å². The molecule has 4 rings (SSSR count). The predicted molar refractivity (Wildman–Crippen MR) is 100.0 cm³/mol. The van der Waals surface area contributed by atoms with Crippen molar-refractivity contribution in [3.8, 4) is 0 Å². The van der Waals surface area contributed by atoms with Gasteiger partial charge in [-0.2, -0.15) is 13.2 Å². The first-order chi connectivity index (χ1) is 14.3. The molecule has 2 aromatic carbocycles. The minimum atomic E-state index is -4.78. The standard InChI is InChI=1S/C20H15F4N5O/c21-14-6-5-12(7-13(14)20(22,23)24)9-29-10-17(26-11-29)19(30)25-8-18-27-15-3-1-2-4-16(15)28-18/h1-7,10-11H,8-9H2,(H,25,30)(H,27,28). The Morgan fingerprint density at radius 3 is 2.73 bits per heavy atom. The second-order valence-electron chi connectivity index (χ2n) is 6.63. The Bertz CT molecular complexity index is 1180. The minimum Gasteiger partial charge on any atom is -0.343 e. The summed E-state index contributed by atoms with van der Waals surface area (Å²) in [6.45, 7) is 0.167. The van der Waals surface area contributed by atoms with E-state index in [4.69, 9.17) is 0 Å². The van der Waals surface area contributed by atoms with Crippen LogP contribution in [0.2, 0.25) is 0 Å². The van der Waals surface area contributed by atoms with Gasteiger partial charge < -0.3 is 14.9 Å². The van der Waals surface area contributed by atoms with E-state index in [1.54, 1.807) is 0 Å². The first kappa shape index (κ1) is 19.6. The van der Waals surface area contributed by atoms with Gasteiger partial charge in [0.25, 0.3) is 5.91 Å². The van der Waals surface area contributed by atoms with Gasteiger partial charge in [-0.1, -0.05) is 18.2 Å². The molecule has 0 unspecified atom stereocenters. The molecule has 0 atom stereocenters. The summed E-state index contributed by atoms with van der Waals surface area (Å²) in [5.74, 6) is -1.21. The number of amides is 1. The van der Waals surface area contributed by atoms with E-state index in [9.17, 15) is 22.4 Å². The maximum Gasteiger partial charge on any atom is 0.419 e. The van der Waals surface area contributed by atoms with Crippen molar-refractivity contribution in [3.05, 3.63) is 83.5 Å². The Labute approximate surface area is 167 Å². The number of nitrogens with zero attached hydrogens (tertiary/aromatic N) is 3. The Kier molecular flexibility index (Phi) is 4.98. The topological polar surface area (TPSA) is 75.6 Å². The monoisotopic (exact) mass is 417 g/mol. The normalized spacial score (nSPS) is 11.7. The summed E-state index contributed by atoms with van der Waals surface area (Å²) < 4.78 is 53.4. The van der Waals surface area contributed by atoms with Crippen LogP contribution in [0.3, 0.4) is 0 Å². The second-order valence-corrected chi connectivity index (χ2v) is 6.63. The third-order valence-corrected chi connectivity index (χ3v) is 4.42. The van der Waals surface area contributed by atoms with Crippen molar-refractivity contribution in [1.29, 1.82) is 0 Å². The van der Waals surface area contributed by atoms with Gasteiger partial charge in [0.05, 0.1) is 29.5 Å². The number of para-hydroxylation sites is 2. The van der Waals surface area contributed by atoms with Gasteiger partial charge in [0.1, 0.15) is 17.3 Å². The Morgan fingerprint density at radius 1 is 1.17 bits per heavy atom. The molecule has 10 heteroatoms. The molecule has 30 heavy (non-hydrogen) atoms. The van der Waals surface area contributed by atoms with Crippen LogP contribution in [-0.2, 0) is 19.3 Å². The van der Waals surface area contributed by atoms with Gasteiger partial charge in [-0.3, -0.25) is 4.79 Å². The molecule has 0 radical (unpaired) electrons. The van der Waals surface area contributed by atoms with Crippen LogP contribution in [0.25, 0.3) is 11.0 Å². The third kappa shape index (κ3) is 4.17. The Morgan fingerprint density at radius 2 is 1.97 bits per heavy atom. The van der Waals surface area contributed by atoms with E-state index in [1.807, 2.05) is 24.3 Å². The molecular formula is C20H15F4N5O. The summed E-state index contributed by atoms with van der Waals surface area (Å²) in [6, 6.07) is 10.2. The number of halogens is 4. The van der Waals surface area contributed by atoms with Crippen LogP contribution < -0.4 is 5.32 Å². The van der Waals surface area contributed by atoms with Crippen molar-refractivity contribution in [1.82, 2.24) is 24.8 Å². The molecular weight excluding hydrogens is 402 g/mol. The summed E-state index contributed by atoms with van der Waals surface area (Å²) in [7, 11) is 0. The van der Waals surface area contributed by atoms with Crippen molar-refractivity contribution in [3.63, 3.8) is 0 Å². The molecule has 0 spiro atoms. The van der Waals surface area contributed by atoms with Crippen molar-refractivity contribution >= 4 is 16.9 Å². The third-order valence-electron chi connectivity index (χ3n) is 4.42. The smallest absolute Gasteiger partial charge is 0.343 e. The fourth-order valence-electron chi connectivity index (χ4n) is 3.01. The number of fused-ring (bicyclic) bond motifs is 1. The lowest BCUT2D eigenvalue weighted by Gasteiger charge is -2.10. The molecule has 2 aromatic heterocycles. The highest BCUT2D eigenvalue weighted by molar-refractivity contribution is 5.92. The number of carbonyl (C=O) groups excluding carboxylic acids is 1. The second kappa shape index (κ2) is 7.62. The van der Waals surface area contributed by atoms with Gasteiger partial charge in [0.15, 0.2) is 0 Å². The molecule has 0 aliphatic heterocycles. The first-order valence-corrected chi connectivity index (χ1v) is 8.89. The van der Waals surface area contributed by atoms with Crippen LogP contribution in [0, 0.1) is 5.82 Å². The van der Waals surface area contributed by atoms with E-state index >= 15 is 0 Å². The van der Waals surface area contributed by atoms with Crippen molar-refractivity contribution < 1.29 is 22.4 Å². The molecule has 0 aliphatic rings. The summed E-state index contributed by atoms with van der Waals surface area (Å²) >= 11 is 0. The predicted octanol–water partition coefficient (Wildman–Crippen LogP) is 3.90. The lowest BCUT2D eigenvalue weighted by Crippen LogP contribution is -2.23. The molecule has 1 amide bonds. The summed E-state index contributed by atoms with van der Waals surface area (Å²) in [5, 5.41) is 2.68. The largest absolute Gasteiger partial charge is 0.419 e. The lowest BCUT2D eigenvalue weighted by atomic mass is 10.1. The quantitative estimate of drug-likeness (QED) is 0.484. The fraction of sp³-hybridized carbons (Fsp3) is 0.150. The molecule has 2 N–H and O–H groups in total. The fourth-order valence-corrected chi connectivity index (χ4v) is 3.01. The maximum absolute atomic E-state index is 13.4. The van der Waals surface area contributed by atoms with Crippen molar-refractivity contribution in [2.75, 3.05) is 0 Å². The zero-order valence-electron chi connectivity index (χ0n) is 15.4. The minimum absolute atomic E-state index is 0.00716. The van der Waals surface area contributed by atoms with E-state index in [0.717, 1.165) is 23.2 Å². The van der Waals surface area contributed by atoms with E-state index < -0.39 is 23.5 Å². The number of aromatic nitrogens is 4. The summed E-state index contributed by atoms with van der Waals surface area (Å²) in [4.78, 5) is 23.7. The van der Waals surface area contributed by atoms with Crippen LogP contribution in [0.4, 0.5) is 17.6 Å². The first-order valence-electron chi connectivity index (χ1n) is 8.89. The zero-order valence-corrected chi connectivity index (χ0v) is 15.4. The molecule has 0 aliphatic carbocycles. The van der Waals surface area contributed by atoms with Gasteiger partial charge in [-0.15, -0.1) is 0 Å². The van der Waals surface area contributed by atoms with Gasteiger partial charge in [0, 0.05) is 12.7 Å². The number of benzene rings is 2. The van der Waals surface area contributed by atoms with Crippen molar-refractivity contribution in [2.45, 2.75) is 19.3 Å². The number of hydrogen-bond donors (Lipinski definition) is 2. The number of alkyl halides is 3. The molecule has 2 heterocycles. The number of imidazole rings is 2. The van der Waals surface area contributed by atoms with Crippen LogP contribution >= 0.6 is 0 Å². The summed E-state index contributed by atoms with van der Waals surface area (Å²) in [5.41, 5.74) is 0.635.